The van der Waals surface area contributed by atoms with Crippen LogP contribution in [0.3, 0.4) is 0 Å². The Balaban J connectivity index is 0.000000292. The van der Waals surface area contributed by atoms with E-state index in [9.17, 15) is 8.42 Å². The number of pyridine rings is 1. The summed E-state index contributed by atoms with van der Waals surface area (Å²) in [5.74, 6) is 0. The number of nitrogens with zero attached hydrogens (tertiary/aromatic N) is 2. The highest BCUT2D eigenvalue weighted by Gasteiger charge is 1.95. The average Bonchev–Trinajstić information content (AvgIpc) is 2.03. The van der Waals surface area contributed by atoms with Crippen molar-refractivity contribution < 1.29 is 17.6 Å². The fraction of sp³-hybridized carbons (Fsp3) is 0.375. The van der Waals surface area contributed by atoms with Gasteiger partial charge >= 0.3 is 0 Å². The van der Waals surface area contributed by atoms with E-state index in [1.54, 1.807) is 0 Å². The van der Waals surface area contributed by atoms with Crippen LogP contribution in [0.25, 0.3) is 0 Å². The van der Waals surface area contributed by atoms with E-state index in [1.807, 2.05) is 54.4 Å². The summed E-state index contributed by atoms with van der Waals surface area (Å²) in [6, 6.07) is 6.00. The molecular formula is C8H15N2O3S+. The molecule has 1 aromatic heterocycles. The fourth-order valence-electron chi connectivity index (χ4n) is 0.656. The van der Waals surface area contributed by atoms with E-state index in [4.69, 9.17) is 4.55 Å². The Morgan fingerprint density at radius 3 is 1.71 bits per heavy atom. The number of rotatable bonds is 1. The van der Waals surface area contributed by atoms with Crippen molar-refractivity contribution >= 4 is 10.1 Å². The normalized spacial score (nSPS) is 10.0. The van der Waals surface area contributed by atoms with Crippen LogP contribution >= 0.6 is 0 Å². The van der Waals surface area contributed by atoms with Crippen LogP contribution in [0.1, 0.15) is 0 Å². The van der Waals surface area contributed by atoms with Gasteiger partial charge in [-0.25, -0.2) is 0 Å². The highest BCUT2D eigenvalue weighted by Crippen LogP contribution is 1.74. The summed E-state index contributed by atoms with van der Waals surface area (Å²) in [6.07, 6.45) is 4.72. The molecule has 0 aliphatic rings. The Kier molecular flexibility index (Phi) is 5.11. The monoisotopic (exact) mass is 219 g/mol. The summed E-state index contributed by atoms with van der Waals surface area (Å²) in [4.78, 5) is 0. The van der Waals surface area contributed by atoms with Gasteiger partial charge in [0.1, 0.15) is 0 Å². The quantitative estimate of drug-likeness (QED) is 0.519. The van der Waals surface area contributed by atoms with Crippen LogP contribution in [0.4, 0.5) is 0 Å². The predicted octanol–water partition coefficient (Wildman–Crippen LogP) is -0.324. The summed E-state index contributed by atoms with van der Waals surface area (Å²) >= 11 is 0. The third-order valence-electron chi connectivity index (χ3n) is 1.16. The molecule has 0 aliphatic carbocycles. The van der Waals surface area contributed by atoms with Gasteiger partial charge in [-0.3, -0.25) is 4.55 Å². The van der Waals surface area contributed by atoms with Gasteiger partial charge in [-0.1, -0.05) is 10.7 Å². The zero-order valence-corrected chi connectivity index (χ0v) is 9.27. The zero-order valence-electron chi connectivity index (χ0n) is 8.45. The summed E-state index contributed by atoms with van der Waals surface area (Å²) in [7, 11) is 0.333. The average molecular weight is 219 g/mol. The molecule has 1 aromatic rings. The van der Waals surface area contributed by atoms with Crippen LogP contribution < -0.4 is 9.69 Å². The topological polar surface area (TPSA) is 61.5 Å². The molecular weight excluding hydrogens is 204 g/mol. The van der Waals surface area contributed by atoms with E-state index in [1.165, 1.54) is 0 Å². The van der Waals surface area contributed by atoms with Gasteiger partial charge in [-0.15, -0.1) is 0 Å². The lowest BCUT2D eigenvalue weighted by molar-refractivity contribution is -0.687. The van der Waals surface area contributed by atoms with E-state index >= 15 is 0 Å². The van der Waals surface area contributed by atoms with Crippen LogP contribution in [-0.2, 0) is 10.1 Å². The van der Waals surface area contributed by atoms with E-state index in [2.05, 4.69) is 0 Å². The molecule has 0 unspecified atom stereocenters. The van der Waals surface area contributed by atoms with Gasteiger partial charge in [-0.2, -0.15) is 13.4 Å². The van der Waals surface area contributed by atoms with Gasteiger partial charge in [0.25, 0.3) is 10.1 Å². The molecule has 0 radical (unpaired) electrons. The molecule has 80 valence electrons. The van der Waals surface area contributed by atoms with Gasteiger partial charge in [0.05, 0.1) is 20.4 Å². The summed E-state index contributed by atoms with van der Waals surface area (Å²) in [5, 5.41) is 2.00. The van der Waals surface area contributed by atoms with Gasteiger partial charge in [-0.05, 0) is 0 Å². The van der Waals surface area contributed by atoms with E-state index in [0.29, 0.717) is 6.26 Å². The molecule has 0 fully saturated rings. The molecule has 1 N–H and O–H groups in total. The van der Waals surface area contributed by atoms with Crippen molar-refractivity contribution in [1.29, 1.82) is 0 Å². The van der Waals surface area contributed by atoms with Crippen molar-refractivity contribution in [3.8, 4) is 0 Å². The van der Waals surface area contributed by atoms with Gasteiger partial charge in [0, 0.05) is 12.1 Å². The second-order valence-corrected chi connectivity index (χ2v) is 4.30. The Morgan fingerprint density at radius 2 is 1.50 bits per heavy atom. The molecule has 6 heteroatoms. The number of hydrogen-bond donors (Lipinski definition) is 1. The predicted molar refractivity (Wildman–Crippen MR) is 54.2 cm³/mol. The minimum Gasteiger partial charge on any atom is -0.286 e. The van der Waals surface area contributed by atoms with Crippen LogP contribution in [0, 0.1) is 0 Å². The van der Waals surface area contributed by atoms with Crippen molar-refractivity contribution in [3.05, 3.63) is 30.6 Å². The van der Waals surface area contributed by atoms with Crippen LogP contribution in [-0.4, -0.2) is 33.3 Å². The lowest BCUT2D eigenvalue weighted by Crippen LogP contribution is -2.51. The van der Waals surface area contributed by atoms with Gasteiger partial charge in [0.15, 0.2) is 12.4 Å². The maximum atomic E-state index is 9.19. The molecule has 1 rings (SSSR count). The molecule has 0 bridgehead atoms. The molecule has 0 aliphatic heterocycles. The highest BCUT2D eigenvalue weighted by atomic mass is 32.2. The Morgan fingerprint density at radius 1 is 1.14 bits per heavy atom. The first kappa shape index (κ1) is 12.9. The van der Waals surface area contributed by atoms with Crippen molar-refractivity contribution in [3.63, 3.8) is 0 Å². The summed E-state index contributed by atoms with van der Waals surface area (Å²) in [5.41, 5.74) is 0. The van der Waals surface area contributed by atoms with Crippen LogP contribution in [0.2, 0.25) is 0 Å². The van der Waals surface area contributed by atoms with Crippen LogP contribution in [0.15, 0.2) is 30.6 Å². The minimum atomic E-state index is -3.67. The lowest BCUT2D eigenvalue weighted by Gasteiger charge is -2.02. The molecule has 0 amide bonds. The smallest absolute Gasteiger partial charge is 0.261 e. The lowest BCUT2D eigenvalue weighted by atomic mass is 10.5. The second kappa shape index (κ2) is 5.56. The largest absolute Gasteiger partial charge is 0.286 e. The Bertz CT molecular complexity index is 340. The van der Waals surface area contributed by atoms with E-state index in [0.717, 1.165) is 0 Å². The first-order chi connectivity index (χ1) is 6.30. The molecule has 14 heavy (non-hydrogen) atoms. The van der Waals surface area contributed by atoms with Crippen molar-refractivity contribution in [1.82, 2.24) is 0 Å². The van der Waals surface area contributed by atoms with Crippen molar-refractivity contribution in [2.75, 3.05) is 25.4 Å². The van der Waals surface area contributed by atoms with Gasteiger partial charge in [0.2, 0.25) is 0 Å². The fourth-order valence-corrected chi connectivity index (χ4v) is 0.656. The third kappa shape index (κ3) is 8.95. The maximum absolute atomic E-state index is 9.19. The van der Waals surface area contributed by atoms with Crippen molar-refractivity contribution in [2.45, 2.75) is 0 Å². The third-order valence-corrected chi connectivity index (χ3v) is 1.16. The van der Waals surface area contributed by atoms with E-state index < -0.39 is 10.1 Å². The SMILES string of the molecule is CN(C)[n+]1ccccc1.CS(=O)(=O)O. The zero-order chi connectivity index (χ0) is 11.2. The van der Waals surface area contributed by atoms with Gasteiger partial charge < -0.3 is 0 Å². The number of hydrogen-bond acceptors (Lipinski definition) is 3. The Labute approximate surface area is 84.3 Å². The number of aromatic nitrogens is 1. The summed E-state index contributed by atoms with van der Waals surface area (Å²) < 4.78 is 27.9. The molecule has 1 heterocycles. The second-order valence-electron chi connectivity index (χ2n) is 2.84. The molecule has 5 nitrogen and oxygen atoms in total. The molecule has 0 saturated carbocycles. The molecule has 0 saturated heterocycles. The molecule has 0 spiro atoms. The first-order valence-electron chi connectivity index (χ1n) is 3.87. The van der Waals surface area contributed by atoms with E-state index in [-0.39, 0.29) is 0 Å². The first-order valence-corrected chi connectivity index (χ1v) is 5.72. The Hall–Kier alpha value is -1.14. The molecule has 0 aromatic carbocycles. The minimum absolute atomic E-state index is 0.715. The standard InChI is InChI=1S/C7H11N2.CH4O3S/c1-8(2)9-6-4-3-5-7-9;1-5(2,3)4/h3-7H,1-2H3;1H3,(H,2,3,4)/q+1;. The molecule has 0 atom stereocenters. The van der Waals surface area contributed by atoms with Crippen LogP contribution in [0.5, 0.6) is 0 Å². The highest BCUT2D eigenvalue weighted by molar-refractivity contribution is 7.85. The van der Waals surface area contributed by atoms with Crippen molar-refractivity contribution in [2.24, 2.45) is 0 Å². The maximum Gasteiger partial charge on any atom is 0.261 e. The summed E-state index contributed by atoms with van der Waals surface area (Å²) in [6.45, 7) is 0.